The highest BCUT2D eigenvalue weighted by Gasteiger charge is 2.11. The van der Waals surface area contributed by atoms with Crippen molar-refractivity contribution in [1.82, 2.24) is 10.3 Å². The predicted octanol–water partition coefficient (Wildman–Crippen LogP) is 3.67. The van der Waals surface area contributed by atoms with Gasteiger partial charge in [-0.2, -0.15) is 0 Å². The van der Waals surface area contributed by atoms with Crippen LogP contribution in [0.1, 0.15) is 27.9 Å². The van der Waals surface area contributed by atoms with Gasteiger partial charge in [-0.15, -0.1) is 0 Å². The van der Waals surface area contributed by atoms with Crippen molar-refractivity contribution in [2.24, 2.45) is 0 Å². The molecule has 0 aliphatic carbocycles. The van der Waals surface area contributed by atoms with Gasteiger partial charge in [-0.3, -0.25) is 9.59 Å². The molecular weight excluding hydrogens is 334 g/mol. The number of nitrogens with one attached hydrogen (secondary N) is 2. The van der Waals surface area contributed by atoms with E-state index in [1.165, 1.54) is 11.3 Å². The van der Waals surface area contributed by atoms with Gasteiger partial charge >= 0.3 is 0 Å². The molecule has 0 radical (unpaired) electrons. The second-order valence-corrected chi connectivity index (χ2v) is 6.82. The first kappa shape index (κ1) is 17.1. The monoisotopic (exact) mass is 353 g/mol. The quantitative estimate of drug-likeness (QED) is 0.735. The van der Waals surface area contributed by atoms with Gasteiger partial charge in [0.05, 0.1) is 10.2 Å². The minimum Gasteiger partial charge on any atom is -0.352 e. The number of benzene rings is 2. The molecule has 6 heteroatoms. The van der Waals surface area contributed by atoms with Crippen LogP contribution in [0, 0.1) is 13.8 Å². The molecule has 3 rings (SSSR count). The van der Waals surface area contributed by atoms with Gasteiger partial charge in [0.15, 0.2) is 5.13 Å². The van der Waals surface area contributed by atoms with E-state index in [1.54, 1.807) is 24.3 Å². The largest absolute Gasteiger partial charge is 0.352 e. The second kappa shape index (κ2) is 7.44. The summed E-state index contributed by atoms with van der Waals surface area (Å²) in [6.45, 7) is 4.32. The van der Waals surface area contributed by atoms with Crippen LogP contribution in [0.4, 0.5) is 5.13 Å². The SMILES string of the molecule is Cc1ccc(C)c2sc(NC(=O)CCNC(=O)c3ccccc3)nc12. The fraction of sp³-hybridized carbons (Fsp3) is 0.211. The van der Waals surface area contributed by atoms with Gasteiger partial charge < -0.3 is 10.6 Å². The van der Waals surface area contributed by atoms with Crippen molar-refractivity contribution >= 4 is 38.5 Å². The van der Waals surface area contributed by atoms with Gasteiger partial charge in [-0.1, -0.05) is 41.7 Å². The molecule has 0 fully saturated rings. The number of anilines is 1. The number of fused-ring (bicyclic) bond motifs is 1. The number of hydrogen-bond donors (Lipinski definition) is 2. The van der Waals surface area contributed by atoms with Crippen molar-refractivity contribution in [2.75, 3.05) is 11.9 Å². The molecule has 0 bridgehead atoms. The summed E-state index contributed by atoms with van der Waals surface area (Å²) < 4.78 is 1.09. The Bertz CT molecular complexity index is 880. The van der Waals surface area contributed by atoms with E-state index in [2.05, 4.69) is 21.7 Å². The van der Waals surface area contributed by atoms with Crippen LogP contribution in [0.5, 0.6) is 0 Å². The van der Waals surface area contributed by atoms with E-state index in [9.17, 15) is 9.59 Å². The van der Waals surface area contributed by atoms with Crippen molar-refractivity contribution in [3.63, 3.8) is 0 Å². The lowest BCUT2D eigenvalue weighted by atomic mass is 10.1. The average molecular weight is 353 g/mol. The molecular formula is C19H19N3O2S. The number of nitrogens with zero attached hydrogens (tertiary/aromatic N) is 1. The molecule has 0 aliphatic rings. The van der Waals surface area contributed by atoms with Crippen LogP contribution in [-0.2, 0) is 4.79 Å². The Morgan fingerprint density at radius 3 is 2.48 bits per heavy atom. The molecule has 2 N–H and O–H groups in total. The summed E-state index contributed by atoms with van der Waals surface area (Å²) >= 11 is 1.47. The average Bonchev–Trinajstić information content (AvgIpc) is 3.04. The van der Waals surface area contributed by atoms with Crippen LogP contribution in [0.15, 0.2) is 42.5 Å². The van der Waals surface area contributed by atoms with E-state index in [-0.39, 0.29) is 24.8 Å². The van der Waals surface area contributed by atoms with Crippen LogP contribution in [0.2, 0.25) is 0 Å². The Kier molecular flexibility index (Phi) is 5.09. The number of aryl methyl sites for hydroxylation is 2. The summed E-state index contributed by atoms with van der Waals surface area (Å²) in [7, 11) is 0. The lowest BCUT2D eigenvalue weighted by molar-refractivity contribution is -0.116. The number of carbonyl (C=O) groups is 2. The summed E-state index contributed by atoms with van der Waals surface area (Å²) in [6.07, 6.45) is 0.201. The number of rotatable bonds is 5. The number of aromatic nitrogens is 1. The van der Waals surface area contributed by atoms with Crippen molar-refractivity contribution in [1.29, 1.82) is 0 Å². The zero-order valence-corrected chi connectivity index (χ0v) is 14.9. The number of thiazole rings is 1. The molecule has 0 unspecified atom stereocenters. The summed E-state index contributed by atoms with van der Waals surface area (Å²) in [5.41, 5.74) is 3.75. The van der Waals surface area contributed by atoms with Crippen molar-refractivity contribution in [3.8, 4) is 0 Å². The Hall–Kier alpha value is -2.73. The standard InChI is InChI=1S/C19H19N3O2S/c1-12-8-9-13(2)17-16(12)22-19(25-17)21-15(23)10-11-20-18(24)14-6-4-3-5-7-14/h3-9H,10-11H2,1-2H3,(H,20,24)(H,21,22,23). The van der Waals surface area contributed by atoms with Crippen molar-refractivity contribution in [3.05, 3.63) is 59.2 Å². The minimum absolute atomic E-state index is 0.164. The molecule has 2 aromatic carbocycles. The van der Waals surface area contributed by atoms with Crippen molar-refractivity contribution < 1.29 is 9.59 Å². The Balaban J connectivity index is 1.55. The molecule has 0 saturated carbocycles. The van der Waals surface area contributed by atoms with Gasteiger partial charge in [0, 0.05) is 18.5 Å². The van der Waals surface area contributed by atoms with Crippen molar-refractivity contribution in [2.45, 2.75) is 20.3 Å². The maximum Gasteiger partial charge on any atom is 0.251 e. The number of hydrogen-bond acceptors (Lipinski definition) is 4. The van der Waals surface area contributed by atoms with Gasteiger partial charge in [0.2, 0.25) is 5.91 Å². The highest BCUT2D eigenvalue weighted by atomic mass is 32.1. The maximum absolute atomic E-state index is 12.1. The summed E-state index contributed by atoms with van der Waals surface area (Å²) in [5.74, 6) is -0.345. The molecule has 128 valence electrons. The van der Waals surface area contributed by atoms with Gasteiger partial charge in [0.25, 0.3) is 5.91 Å². The molecule has 1 heterocycles. The summed E-state index contributed by atoms with van der Waals surface area (Å²) in [6, 6.07) is 13.0. The second-order valence-electron chi connectivity index (χ2n) is 5.82. The molecule has 0 atom stereocenters. The first-order valence-corrected chi connectivity index (χ1v) is 8.86. The van der Waals surface area contributed by atoms with E-state index in [0.717, 1.165) is 21.3 Å². The zero-order chi connectivity index (χ0) is 17.8. The molecule has 1 aromatic heterocycles. The molecule has 25 heavy (non-hydrogen) atoms. The van der Waals surface area contributed by atoms with E-state index < -0.39 is 0 Å². The van der Waals surface area contributed by atoms with Crippen LogP contribution in [0.3, 0.4) is 0 Å². The molecule has 0 saturated heterocycles. The van der Waals surface area contributed by atoms with Gasteiger partial charge in [0.1, 0.15) is 0 Å². The molecule has 0 aliphatic heterocycles. The highest BCUT2D eigenvalue weighted by Crippen LogP contribution is 2.30. The van der Waals surface area contributed by atoms with E-state index in [1.807, 2.05) is 26.0 Å². The summed E-state index contributed by atoms with van der Waals surface area (Å²) in [4.78, 5) is 28.5. The third kappa shape index (κ3) is 4.03. The van der Waals surface area contributed by atoms with Gasteiger partial charge in [-0.25, -0.2) is 4.98 Å². The lowest BCUT2D eigenvalue weighted by Gasteiger charge is -2.05. The lowest BCUT2D eigenvalue weighted by Crippen LogP contribution is -2.27. The normalized spacial score (nSPS) is 10.6. The highest BCUT2D eigenvalue weighted by molar-refractivity contribution is 7.22. The number of carbonyl (C=O) groups excluding carboxylic acids is 2. The Labute approximate surface area is 150 Å². The summed E-state index contributed by atoms with van der Waals surface area (Å²) in [5, 5.41) is 6.15. The first-order valence-electron chi connectivity index (χ1n) is 8.04. The third-order valence-electron chi connectivity index (χ3n) is 3.86. The smallest absolute Gasteiger partial charge is 0.251 e. The van der Waals surface area contributed by atoms with E-state index in [4.69, 9.17) is 0 Å². The predicted molar refractivity (Wildman–Crippen MR) is 101 cm³/mol. The maximum atomic E-state index is 12.1. The minimum atomic E-state index is -0.181. The molecule has 0 spiro atoms. The fourth-order valence-electron chi connectivity index (χ4n) is 2.48. The van der Waals surface area contributed by atoms with E-state index >= 15 is 0 Å². The van der Waals surface area contributed by atoms with Crippen LogP contribution >= 0.6 is 11.3 Å². The Morgan fingerprint density at radius 1 is 1.04 bits per heavy atom. The number of amides is 2. The molecule has 3 aromatic rings. The van der Waals surface area contributed by atoms with Crippen LogP contribution in [-0.4, -0.2) is 23.3 Å². The van der Waals surface area contributed by atoms with Crippen LogP contribution in [0.25, 0.3) is 10.2 Å². The zero-order valence-electron chi connectivity index (χ0n) is 14.1. The fourth-order valence-corrected chi connectivity index (χ4v) is 3.50. The first-order chi connectivity index (χ1) is 12.0. The molecule has 2 amide bonds. The molecule has 5 nitrogen and oxygen atoms in total. The van der Waals surface area contributed by atoms with Crippen LogP contribution < -0.4 is 10.6 Å². The van der Waals surface area contributed by atoms with Gasteiger partial charge in [-0.05, 0) is 37.1 Å². The Morgan fingerprint density at radius 2 is 1.76 bits per heavy atom. The topological polar surface area (TPSA) is 71.1 Å². The van der Waals surface area contributed by atoms with E-state index in [0.29, 0.717) is 10.7 Å². The third-order valence-corrected chi connectivity index (χ3v) is 4.97.